The number of rotatable bonds is 2. The van der Waals surface area contributed by atoms with E-state index in [9.17, 15) is 9.90 Å². The number of pyridine rings is 1. The molecule has 0 radical (unpaired) electrons. The molecule has 0 aliphatic rings. The Bertz CT molecular complexity index is 760. The highest BCUT2D eigenvalue weighted by molar-refractivity contribution is 6.03. The van der Waals surface area contributed by atoms with Gasteiger partial charge in [0.2, 0.25) is 0 Å². The second-order valence-electron chi connectivity index (χ2n) is 4.25. The molecule has 0 atom stereocenters. The molecular formula is C16H11NO2. The van der Waals surface area contributed by atoms with Crippen LogP contribution in [0.15, 0.2) is 60.9 Å². The molecular weight excluding hydrogens is 238 g/mol. The summed E-state index contributed by atoms with van der Waals surface area (Å²) >= 11 is 0. The predicted molar refractivity (Wildman–Crippen MR) is 74.1 cm³/mol. The Balaban J connectivity index is 2.34. The van der Waals surface area contributed by atoms with Crippen LogP contribution in [0.3, 0.4) is 0 Å². The molecule has 1 N–H and O–H groups in total. The lowest BCUT2D eigenvalue weighted by molar-refractivity contribution is 0.0698. The first-order valence-corrected chi connectivity index (χ1v) is 5.93. The first-order chi connectivity index (χ1) is 9.27. The van der Waals surface area contributed by atoms with E-state index in [0.717, 1.165) is 21.9 Å². The summed E-state index contributed by atoms with van der Waals surface area (Å²) in [5, 5.41) is 11.3. The summed E-state index contributed by atoms with van der Waals surface area (Å²) in [6.45, 7) is 0. The van der Waals surface area contributed by atoms with E-state index in [4.69, 9.17) is 0 Å². The number of hydrogen-bond acceptors (Lipinski definition) is 2. The van der Waals surface area contributed by atoms with Crippen molar-refractivity contribution < 1.29 is 9.90 Å². The summed E-state index contributed by atoms with van der Waals surface area (Å²) in [5.74, 6) is -0.915. The zero-order valence-electron chi connectivity index (χ0n) is 10.1. The molecule has 0 amide bonds. The Morgan fingerprint density at radius 3 is 2.58 bits per heavy atom. The van der Waals surface area contributed by atoms with Crippen molar-refractivity contribution in [2.45, 2.75) is 0 Å². The molecule has 0 unspecified atom stereocenters. The Labute approximate surface area is 110 Å². The fourth-order valence-corrected chi connectivity index (χ4v) is 2.26. The monoisotopic (exact) mass is 249 g/mol. The van der Waals surface area contributed by atoms with Gasteiger partial charge in [0.15, 0.2) is 0 Å². The molecule has 0 saturated heterocycles. The van der Waals surface area contributed by atoms with Crippen molar-refractivity contribution in [1.29, 1.82) is 0 Å². The number of fused-ring (bicyclic) bond motifs is 1. The fraction of sp³-hybridized carbons (Fsp3) is 0. The summed E-state index contributed by atoms with van der Waals surface area (Å²) in [4.78, 5) is 15.4. The van der Waals surface area contributed by atoms with Gasteiger partial charge in [0.1, 0.15) is 0 Å². The molecule has 0 aliphatic heterocycles. The number of benzene rings is 2. The van der Waals surface area contributed by atoms with Crippen LogP contribution in [0.5, 0.6) is 0 Å². The highest BCUT2D eigenvalue weighted by Crippen LogP contribution is 2.30. The molecule has 3 aromatic rings. The Morgan fingerprint density at radius 2 is 1.74 bits per heavy atom. The lowest BCUT2D eigenvalue weighted by Gasteiger charge is -2.09. The quantitative estimate of drug-likeness (QED) is 0.754. The minimum Gasteiger partial charge on any atom is -0.478 e. The van der Waals surface area contributed by atoms with Gasteiger partial charge in [-0.1, -0.05) is 36.4 Å². The van der Waals surface area contributed by atoms with Crippen LogP contribution in [0, 0.1) is 0 Å². The van der Waals surface area contributed by atoms with Crippen LogP contribution in [0.25, 0.3) is 21.9 Å². The van der Waals surface area contributed by atoms with Gasteiger partial charge in [0.05, 0.1) is 5.56 Å². The van der Waals surface area contributed by atoms with Gasteiger partial charge in [-0.3, -0.25) is 4.98 Å². The van der Waals surface area contributed by atoms with Crippen molar-refractivity contribution in [3.8, 4) is 11.1 Å². The second kappa shape index (κ2) is 4.53. The van der Waals surface area contributed by atoms with Gasteiger partial charge in [-0.2, -0.15) is 0 Å². The number of aromatic carboxylic acids is 1. The van der Waals surface area contributed by atoms with E-state index >= 15 is 0 Å². The fourth-order valence-electron chi connectivity index (χ4n) is 2.26. The molecule has 0 aliphatic carbocycles. The first-order valence-electron chi connectivity index (χ1n) is 5.93. The van der Waals surface area contributed by atoms with Crippen LogP contribution in [0.4, 0.5) is 0 Å². The average Bonchev–Trinajstić information content (AvgIpc) is 2.46. The van der Waals surface area contributed by atoms with Crippen molar-refractivity contribution >= 4 is 16.7 Å². The molecule has 0 spiro atoms. The Kier molecular flexibility index (Phi) is 2.72. The highest BCUT2D eigenvalue weighted by atomic mass is 16.4. The van der Waals surface area contributed by atoms with Crippen molar-refractivity contribution in [3.05, 3.63) is 66.5 Å². The maximum Gasteiger partial charge on any atom is 0.336 e. The van der Waals surface area contributed by atoms with Gasteiger partial charge in [0.25, 0.3) is 0 Å². The van der Waals surface area contributed by atoms with Crippen molar-refractivity contribution in [2.75, 3.05) is 0 Å². The van der Waals surface area contributed by atoms with Gasteiger partial charge in [-0.15, -0.1) is 0 Å². The molecule has 1 aromatic heterocycles. The average molecular weight is 249 g/mol. The van der Waals surface area contributed by atoms with Gasteiger partial charge in [-0.05, 0) is 28.6 Å². The van der Waals surface area contributed by atoms with Crippen molar-refractivity contribution in [2.24, 2.45) is 0 Å². The number of carboxylic acid groups (broad SMARTS) is 1. The molecule has 0 saturated carbocycles. The number of nitrogens with zero attached hydrogens (tertiary/aromatic N) is 1. The van der Waals surface area contributed by atoms with Crippen LogP contribution < -0.4 is 0 Å². The van der Waals surface area contributed by atoms with Crippen LogP contribution >= 0.6 is 0 Å². The topological polar surface area (TPSA) is 50.2 Å². The number of aromatic nitrogens is 1. The minimum absolute atomic E-state index is 0.312. The first kappa shape index (κ1) is 11.4. The van der Waals surface area contributed by atoms with Gasteiger partial charge < -0.3 is 5.11 Å². The van der Waals surface area contributed by atoms with Crippen LogP contribution in [-0.4, -0.2) is 16.1 Å². The summed E-state index contributed by atoms with van der Waals surface area (Å²) in [6, 6.07) is 14.8. The normalized spacial score (nSPS) is 10.5. The van der Waals surface area contributed by atoms with Crippen LogP contribution in [0.2, 0.25) is 0 Å². The maximum absolute atomic E-state index is 11.3. The number of carboxylic acids is 1. The SMILES string of the molecule is O=C(O)c1ccccc1-c1cccc2cnccc12. The van der Waals surface area contributed by atoms with Crippen LogP contribution in [0.1, 0.15) is 10.4 Å². The molecule has 3 rings (SSSR count). The minimum atomic E-state index is -0.915. The van der Waals surface area contributed by atoms with E-state index in [0.29, 0.717) is 5.56 Å². The van der Waals surface area contributed by atoms with Gasteiger partial charge in [0, 0.05) is 17.8 Å². The largest absolute Gasteiger partial charge is 0.478 e. The maximum atomic E-state index is 11.3. The third-order valence-corrected chi connectivity index (χ3v) is 3.13. The van der Waals surface area contributed by atoms with Crippen molar-refractivity contribution in [1.82, 2.24) is 4.98 Å². The van der Waals surface area contributed by atoms with E-state index in [-0.39, 0.29) is 0 Å². The molecule has 3 heteroatoms. The van der Waals surface area contributed by atoms with Gasteiger partial charge >= 0.3 is 5.97 Å². The van der Waals surface area contributed by atoms with E-state index in [1.165, 1.54) is 0 Å². The Morgan fingerprint density at radius 1 is 0.947 bits per heavy atom. The third-order valence-electron chi connectivity index (χ3n) is 3.13. The Hall–Kier alpha value is -2.68. The lowest BCUT2D eigenvalue weighted by Crippen LogP contribution is -1.99. The summed E-state index contributed by atoms with van der Waals surface area (Å²) in [5.41, 5.74) is 1.96. The summed E-state index contributed by atoms with van der Waals surface area (Å²) < 4.78 is 0. The number of carbonyl (C=O) groups is 1. The summed E-state index contributed by atoms with van der Waals surface area (Å²) in [6.07, 6.45) is 3.50. The third kappa shape index (κ3) is 1.95. The molecule has 92 valence electrons. The summed E-state index contributed by atoms with van der Waals surface area (Å²) in [7, 11) is 0. The zero-order valence-corrected chi connectivity index (χ0v) is 10.1. The molecule has 3 nitrogen and oxygen atoms in total. The van der Waals surface area contributed by atoms with E-state index < -0.39 is 5.97 Å². The smallest absolute Gasteiger partial charge is 0.336 e. The predicted octanol–water partition coefficient (Wildman–Crippen LogP) is 3.60. The molecule has 19 heavy (non-hydrogen) atoms. The van der Waals surface area contributed by atoms with E-state index in [1.807, 2.05) is 36.4 Å². The molecule has 1 heterocycles. The zero-order chi connectivity index (χ0) is 13.2. The lowest BCUT2D eigenvalue weighted by atomic mass is 9.95. The molecule has 0 fully saturated rings. The van der Waals surface area contributed by atoms with E-state index in [2.05, 4.69) is 4.98 Å². The second-order valence-corrected chi connectivity index (χ2v) is 4.25. The number of hydrogen-bond donors (Lipinski definition) is 1. The standard InChI is InChI=1S/C16H11NO2/c18-16(19)15-6-2-1-5-14(15)13-7-3-4-11-10-17-9-8-12(11)13/h1-10H,(H,18,19). The van der Waals surface area contributed by atoms with Gasteiger partial charge in [-0.25, -0.2) is 4.79 Å². The van der Waals surface area contributed by atoms with E-state index in [1.54, 1.807) is 24.5 Å². The van der Waals surface area contributed by atoms with Crippen molar-refractivity contribution in [3.63, 3.8) is 0 Å². The molecule has 2 aromatic carbocycles. The van der Waals surface area contributed by atoms with Crippen LogP contribution in [-0.2, 0) is 0 Å². The highest BCUT2D eigenvalue weighted by Gasteiger charge is 2.12. The molecule has 0 bridgehead atoms.